The van der Waals surface area contributed by atoms with Crippen molar-refractivity contribution in [2.75, 3.05) is 18.4 Å². The zero-order valence-corrected chi connectivity index (χ0v) is 12.9. The highest BCUT2D eigenvalue weighted by Gasteiger charge is 2.18. The fourth-order valence-electron chi connectivity index (χ4n) is 1.56. The van der Waals surface area contributed by atoms with Crippen LogP contribution in [0.2, 0.25) is 0 Å². The smallest absolute Gasteiger partial charge is 0.337 e. The Morgan fingerprint density at radius 2 is 2.10 bits per heavy atom. The summed E-state index contributed by atoms with van der Waals surface area (Å²) in [5.41, 5.74) is 0.259. The van der Waals surface area contributed by atoms with Crippen LogP contribution in [0.1, 0.15) is 24.2 Å². The summed E-state index contributed by atoms with van der Waals surface area (Å²) in [6, 6.07) is 3.97. The van der Waals surface area contributed by atoms with Crippen LogP contribution in [0, 0.1) is 5.92 Å². The van der Waals surface area contributed by atoms with E-state index in [2.05, 4.69) is 16.6 Å². The SMILES string of the molecule is C=CCNc1ccc(S(=O)(=O)NCC(C)C)cc1C(=O)O. The summed E-state index contributed by atoms with van der Waals surface area (Å²) >= 11 is 0. The van der Waals surface area contributed by atoms with Crippen LogP contribution in [0.4, 0.5) is 5.69 Å². The fraction of sp³-hybridized carbons (Fsp3) is 0.357. The van der Waals surface area contributed by atoms with Crippen molar-refractivity contribution >= 4 is 21.7 Å². The molecule has 0 aliphatic carbocycles. The van der Waals surface area contributed by atoms with Gasteiger partial charge in [0, 0.05) is 18.8 Å². The van der Waals surface area contributed by atoms with Crippen LogP contribution in [0.3, 0.4) is 0 Å². The van der Waals surface area contributed by atoms with E-state index in [1.54, 1.807) is 6.08 Å². The molecule has 0 unspecified atom stereocenters. The number of carboxylic acids is 1. The monoisotopic (exact) mass is 312 g/mol. The number of sulfonamides is 1. The molecule has 0 aromatic heterocycles. The average molecular weight is 312 g/mol. The molecule has 0 aliphatic rings. The molecule has 3 N–H and O–H groups in total. The number of carboxylic acid groups (broad SMARTS) is 1. The van der Waals surface area contributed by atoms with Crippen molar-refractivity contribution in [3.63, 3.8) is 0 Å². The lowest BCUT2D eigenvalue weighted by Crippen LogP contribution is -2.27. The maximum atomic E-state index is 12.1. The summed E-state index contributed by atoms with van der Waals surface area (Å²) in [5.74, 6) is -1.03. The Labute approximate surface area is 124 Å². The zero-order chi connectivity index (χ0) is 16.0. The molecule has 0 radical (unpaired) electrons. The lowest BCUT2D eigenvalue weighted by atomic mass is 10.2. The lowest BCUT2D eigenvalue weighted by Gasteiger charge is -2.12. The molecule has 6 nitrogen and oxygen atoms in total. The van der Waals surface area contributed by atoms with E-state index in [-0.39, 0.29) is 16.4 Å². The first-order chi connectivity index (χ1) is 9.77. The standard InChI is InChI=1S/C14H20N2O4S/c1-4-7-15-13-6-5-11(8-12(13)14(17)18)21(19,20)16-9-10(2)3/h4-6,8,10,15-16H,1,7,9H2,2-3H3,(H,17,18). The van der Waals surface area contributed by atoms with E-state index in [1.807, 2.05) is 13.8 Å². The van der Waals surface area contributed by atoms with E-state index in [0.717, 1.165) is 6.07 Å². The maximum absolute atomic E-state index is 12.1. The predicted octanol–water partition coefficient (Wildman–Crippen LogP) is 1.92. The molecule has 0 heterocycles. The Hall–Kier alpha value is -1.86. The van der Waals surface area contributed by atoms with Crippen molar-refractivity contribution in [3.05, 3.63) is 36.4 Å². The van der Waals surface area contributed by atoms with Crippen LogP contribution < -0.4 is 10.0 Å². The predicted molar refractivity (Wildman–Crippen MR) is 82.1 cm³/mol. The number of hydrogen-bond acceptors (Lipinski definition) is 4. The summed E-state index contributed by atoms with van der Waals surface area (Å²) < 4.78 is 26.6. The Bertz CT molecular complexity index is 624. The summed E-state index contributed by atoms with van der Waals surface area (Å²) in [7, 11) is -3.71. The van der Waals surface area contributed by atoms with Gasteiger partial charge in [-0.2, -0.15) is 0 Å². The third-order valence-corrected chi connectivity index (χ3v) is 4.07. The van der Waals surface area contributed by atoms with Gasteiger partial charge in [0.15, 0.2) is 0 Å². The van der Waals surface area contributed by atoms with Gasteiger partial charge < -0.3 is 10.4 Å². The number of carbonyl (C=O) groups is 1. The van der Waals surface area contributed by atoms with E-state index in [9.17, 15) is 18.3 Å². The second-order valence-electron chi connectivity index (χ2n) is 4.93. The van der Waals surface area contributed by atoms with Gasteiger partial charge in [0.05, 0.1) is 10.5 Å². The Morgan fingerprint density at radius 1 is 1.43 bits per heavy atom. The highest BCUT2D eigenvalue weighted by molar-refractivity contribution is 7.89. The van der Waals surface area contributed by atoms with Gasteiger partial charge in [0.25, 0.3) is 0 Å². The Kier molecular flexibility index (Phi) is 5.92. The topological polar surface area (TPSA) is 95.5 Å². The van der Waals surface area contributed by atoms with Crippen LogP contribution in [-0.4, -0.2) is 32.6 Å². The van der Waals surface area contributed by atoms with E-state index in [1.165, 1.54) is 12.1 Å². The summed E-state index contributed by atoms with van der Waals surface area (Å²) in [6.45, 7) is 7.98. The number of aromatic carboxylic acids is 1. The first-order valence-electron chi connectivity index (χ1n) is 6.49. The van der Waals surface area contributed by atoms with Crippen molar-refractivity contribution in [1.82, 2.24) is 4.72 Å². The minimum Gasteiger partial charge on any atom is -0.478 e. The third kappa shape index (κ3) is 4.87. The number of nitrogens with one attached hydrogen (secondary N) is 2. The molecule has 7 heteroatoms. The first kappa shape index (κ1) is 17.2. The molecule has 0 fully saturated rings. The molecule has 116 valence electrons. The number of anilines is 1. The molecule has 1 aromatic carbocycles. The number of rotatable bonds is 8. The van der Waals surface area contributed by atoms with Crippen LogP contribution >= 0.6 is 0 Å². The molecule has 0 bridgehead atoms. The van der Waals surface area contributed by atoms with Crippen LogP contribution in [-0.2, 0) is 10.0 Å². The molecular formula is C14H20N2O4S. The largest absolute Gasteiger partial charge is 0.478 e. The molecule has 0 saturated heterocycles. The van der Waals surface area contributed by atoms with Gasteiger partial charge in [-0.05, 0) is 24.1 Å². The summed E-state index contributed by atoms with van der Waals surface area (Å²) in [5, 5.41) is 12.1. The average Bonchev–Trinajstić information content (AvgIpc) is 2.42. The molecule has 0 spiro atoms. The minimum atomic E-state index is -3.71. The van der Waals surface area contributed by atoms with E-state index >= 15 is 0 Å². The molecule has 0 amide bonds. The van der Waals surface area contributed by atoms with Crippen molar-refractivity contribution in [2.24, 2.45) is 5.92 Å². The normalized spacial score (nSPS) is 11.4. The number of benzene rings is 1. The minimum absolute atomic E-state index is 0.0651. The summed E-state index contributed by atoms with van der Waals surface area (Å²) in [4.78, 5) is 11.2. The summed E-state index contributed by atoms with van der Waals surface area (Å²) in [6.07, 6.45) is 1.58. The molecular weight excluding hydrogens is 292 g/mol. The molecule has 21 heavy (non-hydrogen) atoms. The van der Waals surface area contributed by atoms with E-state index < -0.39 is 16.0 Å². The van der Waals surface area contributed by atoms with Gasteiger partial charge in [-0.25, -0.2) is 17.9 Å². The van der Waals surface area contributed by atoms with E-state index in [0.29, 0.717) is 18.8 Å². The van der Waals surface area contributed by atoms with Crippen molar-refractivity contribution in [2.45, 2.75) is 18.7 Å². The lowest BCUT2D eigenvalue weighted by molar-refractivity contribution is 0.0697. The highest BCUT2D eigenvalue weighted by atomic mass is 32.2. The van der Waals surface area contributed by atoms with Gasteiger partial charge in [0.2, 0.25) is 10.0 Å². The maximum Gasteiger partial charge on any atom is 0.337 e. The molecule has 1 aromatic rings. The second kappa shape index (κ2) is 7.24. The van der Waals surface area contributed by atoms with E-state index in [4.69, 9.17) is 0 Å². The fourth-order valence-corrected chi connectivity index (χ4v) is 2.80. The molecule has 1 rings (SSSR count). The quantitative estimate of drug-likeness (QED) is 0.637. The van der Waals surface area contributed by atoms with Crippen LogP contribution in [0.5, 0.6) is 0 Å². The van der Waals surface area contributed by atoms with Gasteiger partial charge in [-0.1, -0.05) is 19.9 Å². The Balaban J connectivity index is 3.13. The highest BCUT2D eigenvalue weighted by Crippen LogP contribution is 2.20. The first-order valence-corrected chi connectivity index (χ1v) is 7.98. The van der Waals surface area contributed by atoms with Crippen LogP contribution in [0.25, 0.3) is 0 Å². The second-order valence-corrected chi connectivity index (χ2v) is 6.69. The van der Waals surface area contributed by atoms with Gasteiger partial charge in [0.1, 0.15) is 0 Å². The van der Waals surface area contributed by atoms with Crippen molar-refractivity contribution in [1.29, 1.82) is 0 Å². The molecule has 0 saturated carbocycles. The van der Waals surface area contributed by atoms with Gasteiger partial charge >= 0.3 is 5.97 Å². The van der Waals surface area contributed by atoms with Crippen molar-refractivity contribution in [3.8, 4) is 0 Å². The third-order valence-electron chi connectivity index (χ3n) is 2.65. The van der Waals surface area contributed by atoms with Crippen molar-refractivity contribution < 1.29 is 18.3 Å². The van der Waals surface area contributed by atoms with Gasteiger partial charge in [-0.3, -0.25) is 0 Å². The number of hydrogen-bond donors (Lipinski definition) is 3. The zero-order valence-electron chi connectivity index (χ0n) is 12.1. The Morgan fingerprint density at radius 3 is 2.62 bits per heavy atom. The molecule has 0 aliphatic heterocycles. The molecule has 0 atom stereocenters. The van der Waals surface area contributed by atoms with Crippen LogP contribution in [0.15, 0.2) is 35.7 Å². The van der Waals surface area contributed by atoms with Gasteiger partial charge in [-0.15, -0.1) is 6.58 Å².